The van der Waals surface area contributed by atoms with Gasteiger partial charge in [0.05, 0.1) is 18.1 Å². The molecule has 0 aliphatic heterocycles. The molecular formula is C14H17N5O. The molecule has 104 valence electrons. The summed E-state index contributed by atoms with van der Waals surface area (Å²) in [6, 6.07) is 7.67. The van der Waals surface area contributed by atoms with Gasteiger partial charge in [-0.15, -0.1) is 5.10 Å². The van der Waals surface area contributed by atoms with Crippen molar-refractivity contribution < 1.29 is 4.79 Å². The van der Waals surface area contributed by atoms with Crippen LogP contribution in [0.2, 0.25) is 0 Å². The van der Waals surface area contributed by atoms with Gasteiger partial charge < -0.3 is 10.6 Å². The molecule has 3 rings (SSSR count). The van der Waals surface area contributed by atoms with Crippen molar-refractivity contribution in [2.45, 2.75) is 31.7 Å². The molecule has 0 radical (unpaired) electrons. The van der Waals surface area contributed by atoms with Gasteiger partial charge in [-0.2, -0.15) is 0 Å². The molecule has 1 aliphatic carbocycles. The zero-order valence-corrected chi connectivity index (χ0v) is 11.1. The van der Waals surface area contributed by atoms with E-state index < -0.39 is 0 Å². The molecular weight excluding hydrogens is 254 g/mol. The van der Waals surface area contributed by atoms with Crippen molar-refractivity contribution in [1.29, 1.82) is 0 Å². The van der Waals surface area contributed by atoms with Crippen LogP contribution in [0.5, 0.6) is 0 Å². The maximum atomic E-state index is 11.8. The van der Waals surface area contributed by atoms with Gasteiger partial charge in [0.1, 0.15) is 0 Å². The Labute approximate surface area is 117 Å². The molecule has 1 fully saturated rings. The van der Waals surface area contributed by atoms with Crippen molar-refractivity contribution in [2.24, 2.45) is 0 Å². The van der Waals surface area contributed by atoms with Crippen molar-refractivity contribution in [3.8, 4) is 5.69 Å². The first-order valence-corrected chi connectivity index (χ1v) is 6.85. The number of carbonyl (C=O) groups excluding carboxylic acids is 1. The topological polar surface area (TPSA) is 71.8 Å². The van der Waals surface area contributed by atoms with E-state index in [0.717, 1.165) is 24.2 Å². The number of anilines is 1. The summed E-state index contributed by atoms with van der Waals surface area (Å²) in [4.78, 5) is 11.8. The normalized spacial score (nSPS) is 15.2. The van der Waals surface area contributed by atoms with Gasteiger partial charge >= 0.3 is 6.03 Å². The van der Waals surface area contributed by atoms with Gasteiger partial charge in [0.2, 0.25) is 0 Å². The largest absolute Gasteiger partial charge is 0.335 e. The predicted molar refractivity (Wildman–Crippen MR) is 75.8 cm³/mol. The van der Waals surface area contributed by atoms with E-state index in [0.29, 0.717) is 6.04 Å². The third-order valence-electron chi connectivity index (χ3n) is 3.50. The maximum Gasteiger partial charge on any atom is 0.319 e. The van der Waals surface area contributed by atoms with E-state index in [-0.39, 0.29) is 6.03 Å². The highest BCUT2D eigenvalue weighted by molar-refractivity contribution is 5.89. The molecule has 2 N–H and O–H groups in total. The number of benzene rings is 1. The number of urea groups is 1. The molecule has 1 aromatic carbocycles. The summed E-state index contributed by atoms with van der Waals surface area (Å²) in [5.41, 5.74) is 1.67. The highest BCUT2D eigenvalue weighted by Crippen LogP contribution is 2.18. The minimum atomic E-state index is -0.134. The second kappa shape index (κ2) is 5.73. The molecule has 1 aliphatic rings. The number of rotatable bonds is 3. The fourth-order valence-corrected chi connectivity index (χ4v) is 2.47. The Morgan fingerprint density at radius 1 is 1.20 bits per heavy atom. The lowest BCUT2D eigenvalue weighted by Gasteiger charge is -2.13. The van der Waals surface area contributed by atoms with Crippen LogP contribution in [-0.4, -0.2) is 27.1 Å². The molecule has 2 amide bonds. The fourth-order valence-electron chi connectivity index (χ4n) is 2.47. The number of nitrogens with zero attached hydrogens (tertiary/aromatic N) is 3. The molecule has 20 heavy (non-hydrogen) atoms. The summed E-state index contributed by atoms with van der Waals surface area (Å²) in [5, 5.41) is 13.5. The first-order valence-electron chi connectivity index (χ1n) is 6.85. The zero-order chi connectivity index (χ0) is 13.8. The minimum Gasteiger partial charge on any atom is -0.335 e. The van der Waals surface area contributed by atoms with Gasteiger partial charge in [-0.1, -0.05) is 18.1 Å². The molecule has 0 bridgehead atoms. The van der Waals surface area contributed by atoms with Crippen molar-refractivity contribution in [3.63, 3.8) is 0 Å². The summed E-state index contributed by atoms with van der Waals surface area (Å²) in [5.74, 6) is 0. The molecule has 0 spiro atoms. The molecule has 0 saturated heterocycles. The highest BCUT2D eigenvalue weighted by Gasteiger charge is 2.16. The molecule has 2 aromatic rings. The average molecular weight is 271 g/mol. The van der Waals surface area contributed by atoms with Crippen LogP contribution < -0.4 is 10.6 Å². The molecule has 6 nitrogen and oxygen atoms in total. The molecule has 1 heterocycles. The summed E-state index contributed by atoms with van der Waals surface area (Å²) in [6.07, 6.45) is 7.98. The van der Waals surface area contributed by atoms with E-state index >= 15 is 0 Å². The third kappa shape index (κ3) is 2.96. The molecule has 6 heteroatoms. The SMILES string of the molecule is O=C(Nc1ccc(-n2ccnn2)cc1)NC1CCCC1. The number of hydrogen-bond donors (Lipinski definition) is 2. The molecule has 1 saturated carbocycles. The maximum absolute atomic E-state index is 11.8. The fraction of sp³-hybridized carbons (Fsp3) is 0.357. The van der Waals surface area contributed by atoms with Crippen LogP contribution in [0.15, 0.2) is 36.7 Å². The van der Waals surface area contributed by atoms with Crippen molar-refractivity contribution in [1.82, 2.24) is 20.3 Å². The number of nitrogens with one attached hydrogen (secondary N) is 2. The highest BCUT2D eigenvalue weighted by atomic mass is 16.2. The smallest absolute Gasteiger partial charge is 0.319 e. The van der Waals surface area contributed by atoms with E-state index in [1.54, 1.807) is 17.1 Å². The molecule has 0 unspecified atom stereocenters. The van der Waals surface area contributed by atoms with Crippen molar-refractivity contribution >= 4 is 11.7 Å². The van der Waals surface area contributed by atoms with E-state index in [1.807, 2.05) is 24.3 Å². The minimum absolute atomic E-state index is 0.134. The second-order valence-corrected chi connectivity index (χ2v) is 4.97. The number of aromatic nitrogens is 3. The monoisotopic (exact) mass is 271 g/mol. The Kier molecular flexibility index (Phi) is 3.62. The van der Waals surface area contributed by atoms with Gasteiger partial charge in [0.25, 0.3) is 0 Å². The zero-order valence-electron chi connectivity index (χ0n) is 11.1. The summed E-state index contributed by atoms with van der Waals surface area (Å²) in [6.45, 7) is 0. The number of carbonyl (C=O) groups is 1. The van der Waals surface area contributed by atoms with Crippen molar-refractivity contribution in [3.05, 3.63) is 36.7 Å². The van der Waals surface area contributed by atoms with Crippen LogP contribution in [0.25, 0.3) is 5.69 Å². The summed E-state index contributed by atoms with van der Waals surface area (Å²) in [7, 11) is 0. The van der Waals surface area contributed by atoms with Crippen molar-refractivity contribution in [2.75, 3.05) is 5.32 Å². The quantitative estimate of drug-likeness (QED) is 0.900. The third-order valence-corrected chi connectivity index (χ3v) is 3.50. The second-order valence-electron chi connectivity index (χ2n) is 4.97. The Hall–Kier alpha value is -2.37. The lowest BCUT2D eigenvalue weighted by molar-refractivity contribution is 0.248. The summed E-state index contributed by atoms with van der Waals surface area (Å²) >= 11 is 0. The standard InChI is InChI=1S/C14H17N5O/c20-14(16-11-3-1-2-4-11)17-12-5-7-13(8-6-12)19-10-9-15-18-19/h5-11H,1-4H2,(H2,16,17,20). The first kappa shape index (κ1) is 12.7. The van der Waals surface area contributed by atoms with Crippen LogP contribution in [-0.2, 0) is 0 Å². The average Bonchev–Trinajstić information content (AvgIpc) is 3.12. The van der Waals surface area contributed by atoms with Gasteiger partial charge in [-0.05, 0) is 37.1 Å². The first-order chi connectivity index (χ1) is 9.81. The number of amides is 2. The Bertz CT molecular complexity index is 558. The molecule has 0 atom stereocenters. The van der Waals surface area contributed by atoms with Crippen LogP contribution >= 0.6 is 0 Å². The Morgan fingerprint density at radius 2 is 1.95 bits per heavy atom. The van der Waals surface area contributed by atoms with Crippen LogP contribution in [0, 0.1) is 0 Å². The van der Waals surface area contributed by atoms with Gasteiger partial charge in [-0.25, -0.2) is 9.48 Å². The van der Waals surface area contributed by atoms with E-state index in [9.17, 15) is 4.79 Å². The van der Waals surface area contributed by atoms with Gasteiger partial charge in [0.15, 0.2) is 0 Å². The molecule has 1 aromatic heterocycles. The van der Waals surface area contributed by atoms with Gasteiger partial charge in [-0.3, -0.25) is 0 Å². The van der Waals surface area contributed by atoms with Crippen LogP contribution in [0.4, 0.5) is 10.5 Å². The predicted octanol–water partition coefficient (Wildman–Crippen LogP) is 2.33. The number of hydrogen-bond acceptors (Lipinski definition) is 3. The van der Waals surface area contributed by atoms with E-state index in [1.165, 1.54) is 12.8 Å². The lowest BCUT2D eigenvalue weighted by atomic mass is 10.2. The van der Waals surface area contributed by atoms with E-state index in [4.69, 9.17) is 0 Å². The van der Waals surface area contributed by atoms with Gasteiger partial charge in [0, 0.05) is 11.7 Å². The van der Waals surface area contributed by atoms with E-state index in [2.05, 4.69) is 20.9 Å². The Balaban J connectivity index is 1.59. The Morgan fingerprint density at radius 3 is 2.60 bits per heavy atom. The summed E-state index contributed by atoms with van der Waals surface area (Å²) < 4.78 is 1.67. The van der Waals surface area contributed by atoms with Crippen LogP contribution in [0.3, 0.4) is 0 Å². The lowest BCUT2D eigenvalue weighted by Crippen LogP contribution is -2.36. The van der Waals surface area contributed by atoms with Crippen LogP contribution in [0.1, 0.15) is 25.7 Å².